The van der Waals surface area contributed by atoms with Crippen LogP contribution >= 0.6 is 11.8 Å². The quantitative estimate of drug-likeness (QED) is 0.571. The largest absolute Gasteiger partial charge is 0.361 e. The summed E-state index contributed by atoms with van der Waals surface area (Å²) in [6, 6.07) is 13.6. The molecule has 5 nitrogen and oxygen atoms in total. The van der Waals surface area contributed by atoms with E-state index in [-0.39, 0.29) is 0 Å². The van der Waals surface area contributed by atoms with E-state index >= 15 is 0 Å². The number of thioether (sulfide) groups is 1. The minimum absolute atomic E-state index is 0.403. The van der Waals surface area contributed by atoms with Crippen molar-refractivity contribution >= 4 is 40.2 Å². The molecule has 0 aliphatic rings. The van der Waals surface area contributed by atoms with Crippen LogP contribution in [0.15, 0.2) is 48.7 Å². The molecule has 3 aromatic rings. The molecule has 2 amide bonds. The molecule has 0 aliphatic carbocycles. The van der Waals surface area contributed by atoms with Gasteiger partial charge < -0.3 is 15.6 Å². The van der Waals surface area contributed by atoms with Gasteiger partial charge in [-0.2, -0.15) is 11.8 Å². The monoisotopic (exact) mass is 381 g/mol. The molecule has 0 saturated carbocycles. The van der Waals surface area contributed by atoms with E-state index in [1.54, 1.807) is 11.8 Å². The van der Waals surface area contributed by atoms with Gasteiger partial charge in [-0.05, 0) is 54.5 Å². The van der Waals surface area contributed by atoms with Crippen LogP contribution in [0, 0.1) is 6.92 Å². The van der Waals surface area contributed by atoms with Gasteiger partial charge in [-0.15, -0.1) is 0 Å². The van der Waals surface area contributed by atoms with Gasteiger partial charge in [0, 0.05) is 35.1 Å². The van der Waals surface area contributed by atoms with Crippen LogP contribution < -0.4 is 10.6 Å². The van der Waals surface area contributed by atoms with E-state index < -0.39 is 11.8 Å². The summed E-state index contributed by atoms with van der Waals surface area (Å²) in [6.07, 6.45) is 4.66. The summed E-state index contributed by atoms with van der Waals surface area (Å²) in [5.41, 5.74) is 5.20. The summed E-state index contributed by atoms with van der Waals surface area (Å²) in [7, 11) is 0. The molecule has 27 heavy (non-hydrogen) atoms. The van der Waals surface area contributed by atoms with Crippen molar-refractivity contribution in [2.45, 2.75) is 19.1 Å². The van der Waals surface area contributed by atoms with Crippen LogP contribution in [0.25, 0.3) is 10.9 Å². The number of aromatic nitrogens is 1. The first kappa shape index (κ1) is 19.0. The van der Waals surface area contributed by atoms with E-state index in [1.165, 1.54) is 16.5 Å². The van der Waals surface area contributed by atoms with E-state index in [0.29, 0.717) is 18.7 Å². The summed E-state index contributed by atoms with van der Waals surface area (Å²) in [5, 5.41) is 6.50. The van der Waals surface area contributed by atoms with E-state index in [0.717, 1.165) is 16.8 Å². The smallest absolute Gasteiger partial charge is 0.313 e. The summed E-state index contributed by atoms with van der Waals surface area (Å²) >= 11 is 1.73. The van der Waals surface area contributed by atoms with Crippen LogP contribution in [0.2, 0.25) is 0 Å². The van der Waals surface area contributed by atoms with Gasteiger partial charge in [0.1, 0.15) is 0 Å². The van der Waals surface area contributed by atoms with Gasteiger partial charge in [-0.3, -0.25) is 9.59 Å². The Morgan fingerprint density at radius 2 is 1.85 bits per heavy atom. The lowest BCUT2D eigenvalue weighted by Gasteiger charge is -2.07. The Kier molecular flexibility index (Phi) is 6.19. The SMILES string of the molecule is CSCc1ccc(NC(=O)C(=O)NCCc2c[nH]c3cccc(C)c23)cc1. The highest BCUT2D eigenvalue weighted by atomic mass is 32.2. The minimum atomic E-state index is -0.650. The van der Waals surface area contributed by atoms with Crippen molar-refractivity contribution in [2.75, 3.05) is 18.1 Å². The molecule has 0 spiro atoms. The number of carbonyl (C=O) groups is 2. The van der Waals surface area contributed by atoms with Crippen LogP contribution in [0.4, 0.5) is 5.69 Å². The predicted octanol–water partition coefficient (Wildman–Crippen LogP) is 3.64. The number of carbonyl (C=O) groups excluding carboxylic acids is 2. The van der Waals surface area contributed by atoms with Crippen molar-refractivity contribution in [3.05, 3.63) is 65.4 Å². The van der Waals surface area contributed by atoms with Crippen LogP contribution in [-0.2, 0) is 21.8 Å². The van der Waals surface area contributed by atoms with Gasteiger partial charge in [0.05, 0.1) is 0 Å². The molecule has 0 unspecified atom stereocenters. The highest BCUT2D eigenvalue weighted by Gasteiger charge is 2.14. The van der Waals surface area contributed by atoms with Gasteiger partial charge in [0.25, 0.3) is 0 Å². The summed E-state index contributed by atoms with van der Waals surface area (Å²) in [4.78, 5) is 27.3. The molecule has 3 rings (SSSR count). The normalized spacial score (nSPS) is 10.7. The molecule has 0 radical (unpaired) electrons. The van der Waals surface area contributed by atoms with Crippen LogP contribution in [0.3, 0.4) is 0 Å². The maximum atomic E-state index is 12.0. The number of rotatable bonds is 6. The molecule has 140 valence electrons. The molecule has 1 aromatic heterocycles. The molecule has 2 aromatic carbocycles. The maximum Gasteiger partial charge on any atom is 0.313 e. The molecular formula is C21H23N3O2S. The van der Waals surface area contributed by atoms with Gasteiger partial charge in [-0.25, -0.2) is 0 Å². The van der Waals surface area contributed by atoms with Crippen molar-refractivity contribution < 1.29 is 9.59 Å². The fourth-order valence-corrected chi connectivity index (χ4v) is 3.60. The molecule has 6 heteroatoms. The van der Waals surface area contributed by atoms with E-state index in [1.807, 2.05) is 48.9 Å². The number of aryl methyl sites for hydroxylation is 1. The number of hydrogen-bond donors (Lipinski definition) is 3. The number of benzene rings is 2. The minimum Gasteiger partial charge on any atom is -0.361 e. The lowest BCUT2D eigenvalue weighted by Crippen LogP contribution is -2.36. The predicted molar refractivity (Wildman–Crippen MR) is 112 cm³/mol. The van der Waals surface area contributed by atoms with Gasteiger partial charge in [-0.1, -0.05) is 24.3 Å². The first-order valence-electron chi connectivity index (χ1n) is 8.81. The molecule has 1 heterocycles. The molecule has 0 atom stereocenters. The third kappa shape index (κ3) is 4.71. The second kappa shape index (κ2) is 8.77. The zero-order valence-corrected chi connectivity index (χ0v) is 16.3. The molecule has 3 N–H and O–H groups in total. The summed E-state index contributed by atoms with van der Waals surface area (Å²) < 4.78 is 0. The number of aromatic amines is 1. The van der Waals surface area contributed by atoms with Crippen molar-refractivity contribution in [1.29, 1.82) is 0 Å². The van der Waals surface area contributed by atoms with Gasteiger partial charge >= 0.3 is 11.8 Å². The Balaban J connectivity index is 1.52. The number of H-pyrrole nitrogens is 1. The first-order chi connectivity index (χ1) is 13.1. The Hall–Kier alpha value is -2.73. The second-order valence-corrected chi connectivity index (χ2v) is 7.27. The van der Waals surface area contributed by atoms with Gasteiger partial charge in [0.2, 0.25) is 0 Å². The third-order valence-corrected chi connectivity index (χ3v) is 5.03. The molecule has 0 saturated heterocycles. The Morgan fingerprint density at radius 3 is 2.59 bits per heavy atom. The number of fused-ring (bicyclic) bond motifs is 1. The zero-order valence-electron chi connectivity index (χ0n) is 15.5. The first-order valence-corrected chi connectivity index (χ1v) is 10.2. The van der Waals surface area contributed by atoms with Crippen molar-refractivity contribution in [1.82, 2.24) is 10.3 Å². The van der Waals surface area contributed by atoms with Crippen LogP contribution in [0.1, 0.15) is 16.7 Å². The number of nitrogens with one attached hydrogen (secondary N) is 3. The van der Waals surface area contributed by atoms with Crippen LogP contribution in [0.5, 0.6) is 0 Å². The fraction of sp³-hybridized carbons (Fsp3) is 0.238. The van der Waals surface area contributed by atoms with E-state index in [4.69, 9.17) is 0 Å². The topological polar surface area (TPSA) is 74.0 Å². The lowest BCUT2D eigenvalue weighted by atomic mass is 10.1. The molecule has 0 bridgehead atoms. The zero-order chi connectivity index (χ0) is 19.2. The van der Waals surface area contributed by atoms with Crippen molar-refractivity contribution in [3.8, 4) is 0 Å². The molecule has 0 fully saturated rings. The van der Waals surface area contributed by atoms with E-state index in [9.17, 15) is 9.59 Å². The average Bonchev–Trinajstić information content (AvgIpc) is 3.08. The third-order valence-electron chi connectivity index (χ3n) is 4.40. The average molecular weight is 382 g/mol. The number of amides is 2. The Bertz CT molecular complexity index is 948. The summed E-state index contributed by atoms with van der Waals surface area (Å²) in [6.45, 7) is 2.47. The Labute approximate surface area is 162 Å². The standard InChI is InChI=1S/C21H23N3O2S/c1-14-4-3-5-18-19(14)16(12-23-18)10-11-22-20(25)21(26)24-17-8-6-15(7-9-17)13-27-2/h3-9,12,23H,10-11,13H2,1-2H3,(H,22,25)(H,24,26). The number of hydrogen-bond acceptors (Lipinski definition) is 3. The number of anilines is 1. The van der Waals surface area contributed by atoms with E-state index in [2.05, 4.69) is 28.6 Å². The second-order valence-electron chi connectivity index (χ2n) is 6.40. The Morgan fingerprint density at radius 1 is 1.07 bits per heavy atom. The van der Waals surface area contributed by atoms with Crippen molar-refractivity contribution in [2.24, 2.45) is 0 Å². The highest BCUT2D eigenvalue weighted by molar-refractivity contribution is 7.97. The fourth-order valence-electron chi connectivity index (χ4n) is 3.08. The van der Waals surface area contributed by atoms with Crippen molar-refractivity contribution in [3.63, 3.8) is 0 Å². The molecule has 0 aliphatic heterocycles. The van der Waals surface area contributed by atoms with Gasteiger partial charge in [0.15, 0.2) is 0 Å². The lowest BCUT2D eigenvalue weighted by molar-refractivity contribution is -0.136. The highest BCUT2D eigenvalue weighted by Crippen LogP contribution is 2.22. The van der Waals surface area contributed by atoms with Crippen LogP contribution in [-0.4, -0.2) is 29.6 Å². The summed E-state index contributed by atoms with van der Waals surface area (Å²) in [5.74, 6) is -0.357. The maximum absolute atomic E-state index is 12.0. The molecular weight excluding hydrogens is 358 g/mol.